The third-order valence-corrected chi connectivity index (χ3v) is 2.45. The highest BCUT2D eigenvalue weighted by molar-refractivity contribution is 7.98. The quantitative estimate of drug-likeness (QED) is 0.581. The van der Waals surface area contributed by atoms with Gasteiger partial charge < -0.3 is 4.98 Å². The van der Waals surface area contributed by atoms with Crippen LogP contribution in [0.15, 0.2) is 0 Å². The molecule has 1 aromatic heterocycles. The van der Waals surface area contributed by atoms with E-state index >= 15 is 0 Å². The molecule has 1 N–H and O–H groups in total. The fraction of sp³-hybridized carbons (Fsp3) is 0.500. The summed E-state index contributed by atoms with van der Waals surface area (Å²) >= 11 is 1.94. The average molecular weight is 139 g/mol. The zero-order valence-corrected chi connectivity index (χ0v) is 5.79. The largest absolute Gasteiger partial charge is 0.339 e. The van der Waals surface area contributed by atoms with Gasteiger partial charge >= 0.3 is 0 Å². The van der Waals surface area contributed by atoms with Gasteiger partial charge in [0.05, 0.1) is 5.69 Å². The lowest BCUT2D eigenvalue weighted by molar-refractivity contribution is 1.02. The molecule has 1 aromatic rings. The summed E-state index contributed by atoms with van der Waals surface area (Å²) in [6.45, 7) is 0. The Labute approximate surface area is 58.1 Å². The molecule has 9 heavy (non-hydrogen) atoms. The summed E-state index contributed by atoms with van der Waals surface area (Å²) in [5.74, 6) is 2.29. The predicted molar refractivity (Wildman–Crippen MR) is 37.3 cm³/mol. The summed E-state index contributed by atoms with van der Waals surface area (Å²) in [6, 6.07) is 0. The molecule has 1 aliphatic heterocycles. The molecular weight excluding hydrogens is 132 g/mol. The van der Waals surface area contributed by atoms with E-state index in [4.69, 9.17) is 0 Å². The van der Waals surface area contributed by atoms with E-state index in [9.17, 15) is 0 Å². The van der Waals surface area contributed by atoms with E-state index in [1.54, 1.807) is 0 Å². The molecule has 1 radical (unpaired) electrons. The van der Waals surface area contributed by atoms with Gasteiger partial charge in [-0.05, 0) is 12.2 Å². The minimum Gasteiger partial charge on any atom is -0.339 e. The van der Waals surface area contributed by atoms with Crippen molar-refractivity contribution < 1.29 is 0 Å². The molecule has 3 heteroatoms. The molecule has 0 fully saturated rings. The molecule has 0 spiro atoms. The predicted octanol–water partition coefficient (Wildman–Crippen LogP) is 0.999. The first-order chi connectivity index (χ1) is 4.47. The van der Waals surface area contributed by atoms with Gasteiger partial charge in [-0.2, -0.15) is 11.8 Å². The second kappa shape index (κ2) is 2.06. The number of H-pyrrole nitrogens is 1. The van der Waals surface area contributed by atoms with Gasteiger partial charge in [0.1, 0.15) is 0 Å². The number of imidazole rings is 1. The number of aryl methyl sites for hydroxylation is 1. The average Bonchev–Trinajstić information content (AvgIpc) is 2.33. The van der Waals surface area contributed by atoms with Gasteiger partial charge in [-0.15, -0.1) is 0 Å². The highest BCUT2D eigenvalue weighted by Gasteiger charge is 2.10. The van der Waals surface area contributed by atoms with Crippen molar-refractivity contribution in [2.24, 2.45) is 0 Å². The zero-order valence-electron chi connectivity index (χ0n) is 4.98. The normalized spacial score (nSPS) is 17.3. The topological polar surface area (TPSA) is 28.7 Å². The lowest BCUT2D eigenvalue weighted by atomic mass is 10.3. The van der Waals surface area contributed by atoms with Gasteiger partial charge in [0.2, 0.25) is 0 Å². The number of nitrogens with zero attached hydrogens (tertiary/aromatic N) is 1. The SMILES string of the molecule is [c]1nc2c([nH]1)CCSC2. The number of fused-ring (bicyclic) bond motifs is 1. The van der Waals surface area contributed by atoms with Crippen LogP contribution in [-0.4, -0.2) is 15.7 Å². The number of nitrogens with one attached hydrogen (secondary N) is 1. The first-order valence-electron chi connectivity index (χ1n) is 2.98. The molecule has 1 aliphatic rings. The third kappa shape index (κ3) is 0.852. The van der Waals surface area contributed by atoms with Crippen LogP contribution in [0.4, 0.5) is 0 Å². The Balaban J connectivity index is 2.39. The van der Waals surface area contributed by atoms with Crippen molar-refractivity contribution in [3.8, 4) is 0 Å². The van der Waals surface area contributed by atoms with Crippen molar-refractivity contribution in [1.29, 1.82) is 0 Å². The van der Waals surface area contributed by atoms with Gasteiger partial charge in [-0.3, -0.25) is 0 Å². The summed E-state index contributed by atoms with van der Waals surface area (Å²) in [4.78, 5) is 7.06. The molecule has 47 valence electrons. The monoisotopic (exact) mass is 139 g/mol. The highest BCUT2D eigenvalue weighted by atomic mass is 32.2. The maximum absolute atomic E-state index is 4.06. The summed E-state index contributed by atoms with van der Waals surface area (Å²) in [5, 5.41) is 0. The molecule has 0 atom stereocenters. The van der Waals surface area contributed by atoms with E-state index in [-0.39, 0.29) is 0 Å². The summed E-state index contributed by atoms with van der Waals surface area (Å²) < 4.78 is 0. The van der Waals surface area contributed by atoms with Crippen molar-refractivity contribution >= 4 is 11.8 Å². The van der Waals surface area contributed by atoms with Gasteiger partial charge in [-0.25, -0.2) is 4.98 Å². The standard InChI is InChI=1S/C6H7N2S/c1-2-9-3-6-5(1)7-4-8-6/h1-3H2,(H,7,8). The molecular formula is C6H7N2S. The third-order valence-electron chi connectivity index (χ3n) is 1.48. The molecule has 0 saturated heterocycles. The number of hydrogen-bond donors (Lipinski definition) is 1. The van der Waals surface area contributed by atoms with E-state index in [0.717, 1.165) is 12.2 Å². The van der Waals surface area contributed by atoms with Crippen molar-refractivity contribution in [3.63, 3.8) is 0 Å². The molecule has 2 heterocycles. The van der Waals surface area contributed by atoms with Crippen molar-refractivity contribution in [3.05, 3.63) is 17.7 Å². The molecule has 2 nitrogen and oxygen atoms in total. The molecule has 0 aliphatic carbocycles. The van der Waals surface area contributed by atoms with Crippen LogP contribution in [0, 0.1) is 6.33 Å². The zero-order chi connectivity index (χ0) is 6.10. The summed E-state index contributed by atoms with van der Waals surface area (Å²) in [5.41, 5.74) is 2.49. The lowest BCUT2D eigenvalue weighted by Crippen LogP contribution is -2.00. The van der Waals surface area contributed by atoms with E-state index in [0.29, 0.717) is 0 Å². The second-order valence-corrected chi connectivity index (χ2v) is 3.18. The minimum absolute atomic E-state index is 1.06. The lowest BCUT2D eigenvalue weighted by Gasteiger charge is -2.07. The highest BCUT2D eigenvalue weighted by Crippen LogP contribution is 2.20. The van der Waals surface area contributed by atoms with Gasteiger partial charge in [0.15, 0.2) is 6.33 Å². The van der Waals surface area contributed by atoms with Gasteiger partial charge in [0, 0.05) is 11.4 Å². The smallest absolute Gasteiger partial charge is 0.174 e. The van der Waals surface area contributed by atoms with Crippen LogP contribution in [0.25, 0.3) is 0 Å². The Morgan fingerprint density at radius 3 is 3.56 bits per heavy atom. The molecule has 2 rings (SSSR count). The summed E-state index contributed by atoms with van der Waals surface area (Å²) in [7, 11) is 0. The van der Waals surface area contributed by atoms with Crippen LogP contribution in [0.3, 0.4) is 0 Å². The van der Waals surface area contributed by atoms with Crippen LogP contribution in [0.1, 0.15) is 11.4 Å². The number of thioether (sulfide) groups is 1. The number of rotatable bonds is 0. The second-order valence-electron chi connectivity index (χ2n) is 2.08. The Morgan fingerprint density at radius 1 is 1.67 bits per heavy atom. The Bertz CT molecular complexity index is 186. The van der Waals surface area contributed by atoms with Crippen LogP contribution < -0.4 is 0 Å². The fourth-order valence-electron chi connectivity index (χ4n) is 0.972. The first-order valence-corrected chi connectivity index (χ1v) is 4.14. The Hall–Kier alpha value is -0.440. The maximum Gasteiger partial charge on any atom is 0.174 e. The first kappa shape index (κ1) is 5.35. The van der Waals surface area contributed by atoms with Crippen LogP contribution in [-0.2, 0) is 12.2 Å². The molecule has 0 unspecified atom stereocenters. The molecule has 0 bridgehead atoms. The Morgan fingerprint density at radius 2 is 2.67 bits per heavy atom. The maximum atomic E-state index is 4.06. The Kier molecular flexibility index (Phi) is 1.23. The van der Waals surface area contributed by atoms with Crippen LogP contribution >= 0.6 is 11.8 Å². The molecule has 0 aromatic carbocycles. The van der Waals surface area contributed by atoms with E-state index in [2.05, 4.69) is 16.3 Å². The van der Waals surface area contributed by atoms with Gasteiger partial charge in [0.25, 0.3) is 0 Å². The van der Waals surface area contributed by atoms with Crippen molar-refractivity contribution in [2.75, 3.05) is 5.75 Å². The van der Waals surface area contributed by atoms with Gasteiger partial charge in [-0.1, -0.05) is 0 Å². The van der Waals surface area contributed by atoms with E-state index in [1.807, 2.05) is 11.8 Å². The van der Waals surface area contributed by atoms with E-state index in [1.165, 1.54) is 17.1 Å². The number of hydrogen-bond acceptors (Lipinski definition) is 2. The number of aromatic amines is 1. The fourth-order valence-corrected chi connectivity index (χ4v) is 1.90. The number of aromatic nitrogens is 2. The van der Waals surface area contributed by atoms with Crippen molar-refractivity contribution in [2.45, 2.75) is 12.2 Å². The molecule has 0 amide bonds. The minimum atomic E-state index is 1.06. The molecule has 0 saturated carbocycles. The van der Waals surface area contributed by atoms with Crippen LogP contribution in [0.2, 0.25) is 0 Å². The van der Waals surface area contributed by atoms with Crippen LogP contribution in [0.5, 0.6) is 0 Å². The van der Waals surface area contributed by atoms with Crippen molar-refractivity contribution in [1.82, 2.24) is 9.97 Å². The van der Waals surface area contributed by atoms with E-state index < -0.39 is 0 Å². The summed E-state index contributed by atoms with van der Waals surface area (Å²) in [6.07, 6.45) is 3.89.